The van der Waals surface area contributed by atoms with Crippen LogP contribution in [0.1, 0.15) is 32.0 Å². The van der Waals surface area contributed by atoms with Gasteiger partial charge in [0.25, 0.3) is 0 Å². The van der Waals surface area contributed by atoms with Crippen LogP contribution in [0.25, 0.3) is 17.2 Å². The Bertz CT molecular complexity index is 1040. The summed E-state index contributed by atoms with van der Waals surface area (Å²) in [4.78, 5) is 19.7. The minimum atomic E-state index is -0.979. The third-order valence-electron chi connectivity index (χ3n) is 5.74. The summed E-state index contributed by atoms with van der Waals surface area (Å²) in [7, 11) is 0. The van der Waals surface area contributed by atoms with Gasteiger partial charge in [0, 0.05) is 23.3 Å². The van der Waals surface area contributed by atoms with Crippen LogP contribution in [0.5, 0.6) is 5.75 Å². The number of ether oxygens (including phenoxy) is 1. The van der Waals surface area contributed by atoms with Crippen LogP contribution in [-0.2, 0) is 5.41 Å². The summed E-state index contributed by atoms with van der Waals surface area (Å²) in [5, 5.41) is 20.7. The molecule has 29 heavy (non-hydrogen) atoms. The first-order chi connectivity index (χ1) is 14.0. The molecular formula is C20H20N6O3. The number of carboxylic acid groups (broad SMARTS) is 1. The van der Waals surface area contributed by atoms with Crippen molar-refractivity contribution < 1.29 is 14.6 Å². The van der Waals surface area contributed by atoms with Crippen LogP contribution in [0.3, 0.4) is 0 Å². The molecule has 0 aromatic carbocycles. The Morgan fingerprint density at radius 2 is 1.97 bits per heavy atom. The van der Waals surface area contributed by atoms with Gasteiger partial charge >= 0.3 is 6.09 Å². The van der Waals surface area contributed by atoms with Gasteiger partial charge in [-0.2, -0.15) is 0 Å². The number of rotatable bonds is 6. The number of amides is 1. The van der Waals surface area contributed by atoms with Gasteiger partial charge in [-0.15, -0.1) is 10.2 Å². The van der Waals surface area contributed by atoms with Crippen LogP contribution >= 0.6 is 0 Å². The molecule has 0 spiro atoms. The number of pyridine rings is 2. The third-order valence-corrected chi connectivity index (χ3v) is 5.74. The van der Waals surface area contributed by atoms with E-state index in [0.29, 0.717) is 23.9 Å². The molecule has 3 aromatic rings. The highest BCUT2D eigenvalue weighted by Crippen LogP contribution is 2.67. The van der Waals surface area contributed by atoms with Crippen molar-refractivity contribution in [2.75, 3.05) is 6.61 Å². The summed E-state index contributed by atoms with van der Waals surface area (Å²) in [5.41, 5.74) is 1.10. The molecule has 0 atom stereocenters. The van der Waals surface area contributed by atoms with E-state index in [9.17, 15) is 4.79 Å². The second kappa shape index (κ2) is 6.26. The molecule has 148 valence electrons. The Balaban J connectivity index is 1.53. The number of nitrogens with zero attached hydrogens (tertiary/aromatic N) is 5. The van der Waals surface area contributed by atoms with Gasteiger partial charge in [0.2, 0.25) is 0 Å². The molecule has 3 aliphatic rings. The maximum Gasteiger partial charge on any atom is 0.405 e. The highest BCUT2D eigenvalue weighted by molar-refractivity contribution is 5.67. The molecule has 0 unspecified atom stereocenters. The summed E-state index contributed by atoms with van der Waals surface area (Å²) in [6.07, 6.45) is 6.34. The molecule has 2 N–H and O–H groups in total. The number of nitrogens with one attached hydrogen (secondary N) is 1. The van der Waals surface area contributed by atoms with Crippen molar-refractivity contribution in [3.8, 4) is 23.0 Å². The summed E-state index contributed by atoms with van der Waals surface area (Å²) in [6.45, 7) is 2.50. The molecule has 3 saturated carbocycles. The third kappa shape index (κ3) is 2.72. The fourth-order valence-corrected chi connectivity index (χ4v) is 4.68. The summed E-state index contributed by atoms with van der Waals surface area (Å²) in [6, 6.07) is 7.54. The molecule has 3 fully saturated rings. The molecular weight excluding hydrogens is 372 g/mol. The first-order valence-corrected chi connectivity index (χ1v) is 9.51. The van der Waals surface area contributed by atoms with Crippen molar-refractivity contribution >= 4 is 6.09 Å². The van der Waals surface area contributed by atoms with Gasteiger partial charge in [0.15, 0.2) is 5.82 Å². The van der Waals surface area contributed by atoms with E-state index in [4.69, 9.17) is 9.84 Å². The lowest BCUT2D eigenvalue weighted by Crippen LogP contribution is -2.77. The standard InChI is InChI=1S/C20H20N6O3/c1-2-29-14-3-4-15(22-9-14)16-24-25-17(26(16)13-5-7-21-8-6-13)19-10-20(11-19,12-19)23-18(27)28/h3-9,23H,2,10-12H2,1H3,(H,27,28). The average molecular weight is 392 g/mol. The van der Waals surface area contributed by atoms with Crippen LogP contribution in [-0.4, -0.2) is 48.1 Å². The molecule has 1 amide bonds. The van der Waals surface area contributed by atoms with Crippen molar-refractivity contribution in [2.24, 2.45) is 0 Å². The lowest BCUT2D eigenvalue weighted by Gasteiger charge is -2.69. The Morgan fingerprint density at radius 1 is 1.21 bits per heavy atom. The monoisotopic (exact) mass is 392 g/mol. The van der Waals surface area contributed by atoms with Crippen molar-refractivity contribution in [1.29, 1.82) is 0 Å². The molecule has 0 aliphatic heterocycles. The predicted octanol–water partition coefficient (Wildman–Crippen LogP) is 2.56. The molecule has 3 heterocycles. The van der Waals surface area contributed by atoms with Gasteiger partial charge < -0.3 is 15.2 Å². The second-order valence-corrected chi connectivity index (χ2v) is 7.72. The Labute approximate surface area is 166 Å². The summed E-state index contributed by atoms with van der Waals surface area (Å²) >= 11 is 0. The van der Waals surface area contributed by atoms with Crippen LogP contribution in [0.4, 0.5) is 4.79 Å². The van der Waals surface area contributed by atoms with Gasteiger partial charge in [-0.25, -0.2) is 9.78 Å². The topological polar surface area (TPSA) is 115 Å². The van der Waals surface area contributed by atoms with E-state index < -0.39 is 6.09 Å². The number of hydrogen-bond acceptors (Lipinski definition) is 6. The lowest BCUT2D eigenvalue weighted by atomic mass is 9.39. The smallest absolute Gasteiger partial charge is 0.405 e. The van der Waals surface area contributed by atoms with E-state index in [1.54, 1.807) is 18.6 Å². The average Bonchev–Trinajstić information content (AvgIpc) is 3.10. The van der Waals surface area contributed by atoms with Crippen LogP contribution in [0.15, 0.2) is 42.9 Å². The zero-order chi connectivity index (χ0) is 20.1. The Morgan fingerprint density at radius 3 is 2.59 bits per heavy atom. The number of hydrogen-bond donors (Lipinski definition) is 2. The number of aromatic nitrogens is 5. The molecule has 9 nitrogen and oxygen atoms in total. The lowest BCUT2D eigenvalue weighted by molar-refractivity contribution is -0.0887. The van der Waals surface area contributed by atoms with Crippen LogP contribution in [0.2, 0.25) is 0 Å². The van der Waals surface area contributed by atoms with E-state index in [0.717, 1.165) is 30.8 Å². The molecule has 0 saturated heterocycles. The van der Waals surface area contributed by atoms with Crippen molar-refractivity contribution in [3.05, 3.63) is 48.7 Å². The molecule has 2 bridgehead atoms. The molecule has 6 rings (SSSR count). The van der Waals surface area contributed by atoms with Crippen molar-refractivity contribution in [3.63, 3.8) is 0 Å². The van der Waals surface area contributed by atoms with E-state index >= 15 is 0 Å². The van der Waals surface area contributed by atoms with Crippen molar-refractivity contribution in [2.45, 2.75) is 37.1 Å². The molecule has 3 aliphatic carbocycles. The zero-order valence-electron chi connectivity index (χ0n) is 15.9. The van der Waals surface area contributed by atoms with Gasteiger partial charge in [0.05, 0.1) is 18.5 Å². The first kappa shape index (κ1) is 17.6. The molecule has 3 aromatic heterocycles. The van der Waals surface area contributed by atoms with Crippen molar-refractivity contribution in [1.82, 2.24) is 30.0 Å². The van der Waals surface area contributed by atoms with E-state index in [-0.39, 0.29) is 11.0 Å². The van der Waals surface area contributed by atoms with Gasteiger partial charge in [-0.1, -0.05) is 0 Å². The SMILES string of the molecule is CCOc1ccc(-c2nnc(C34CC(NC(=O)O)(C3)C4)n2-c2ccncc2)nc1. The fraction of sp³-hybridized carbons (Fsp3) is 0.350. The summed E-state index contributed by atoms with van der Waals surface area (Å²) in [5.74, 6) is 2.18. The summed E-state index contributed by atoms with van der Waals surface area (Å²) < 4.78 is 7.49. The quantitative estimate of drug-likeness (QED) is 0.662. The van der Waals surface area contributed by atoms with Gasteiger partial charge in [0.1, 0.15) is 17.3 Å². The second-order valence-electron chi connectivity index (χ2n) is 7.72. The Kier molecular flexibility index (Phi) is 3.80. The normalized spacial score (nSPS) is 24.3. The Hall–Kier alpha value is -3.49. The molecule has 9 heteroatoms. The highest BCUT2D eigenvalue weighted by Gasteiger charge is 2.71. The van der Waals surface area contributed by atoms with E-state index in [1.165, 1.54) is 0 Å². The zero-order valence-corrected chi connectivity index (χ0v) is 15.9. The van der Waals surface area contributed by atoms with Crippen LogP contribution in [0, 0.1) is 0 Å². The number of carbonyl (C=O) groups is 1. The first-order valence-electron chi connectivity index (χ1n) is 9.51. The van der Waals surface area contributed by atoms with Crippen LogP contribution < -0.4 is 10.1 Å². The maximum atomic E-state index is 11.1. The minimum Gasteiger partial charge on any atom is -0.492 e. The van der Waals surface area contributed by atoms with E-state index in [2.05, 4.69) is 25.5 Å². The highest BCUT2D eigenvalue weighted by atomic mass is 16.5. The predicted molar refractivity (Wildman–Crippen MR) is 103 cm³/mol. The largest absolute Gasteiger partial charge is 0.492 e. The maximum absolute atomic E-state index is 11.1. The van der Waals surface area contributed by atoms with Gasteiger partial charge in [-0.3, -0.25) is 9.55 Å². The minimum absolute atomic E-state index is 0.164. The fourth-order valence-electron chi connectivity index (χ4n) is 4.68. The van der Waals surface area contributed by atoms with E-state index in [1.807, 2.05) is 35.8 Å². The molecule has 0 radical (unpaired) electrons. The van der Waals surface area contributed by atoms with Gasteiger partial charge in [-0.05, 0) is 50.5 Å².